The summed E-state index contributed by atoms with van der Waals surface area (Å²) < 4.78 is 13.4. The number of nitrogens with one attached hydrogen (secondary N) is 1. The van der Waals surface area contributed by atoms with Gasteiger partial charge in [0.1, 0.15) is 12.2 Å². The van der Waals surface area contributed by atoms with Crippen molar-refractivity contribution in [1.82, 2.24) is 29.7 Å². The van der Waals surface area contributed by atoms with Crippen LogP contribution >= 0.6 is 11.6 Å². The van der Waals surface area contributed by atoms with Crippen molar-refractivity contribution in [3.05, 3.63) is 82.2 Å². The number of carbonyl (C=O) groups excluding carboxylic acids is 2. The van der Waals surface area contributed by atoms with Gasteiger partial charge in [-0.1, -0.05) is 23.7 Å². The van der Waals surface area contributed by atoms with Crippen molar-refractivity contribution in [3.63, 3.8) is 0 Å². The fourth-order valence-electron chi connectivity index (χ4n) is 5.73. The van der Waals surface area contributed by atoms with Crippen molar-refractivity contribution in [3.8, 4) is 0 Å². The van der Waals surface area contributed by atoms with E-state index in [2.05, 4.69) is 21.3 Å². The summed E-state index contributed by atoms with van der Waals surface area (Å²) in [5.74, 6) is -0.244. The van der Waals surface area contributed by atoms with E-state index in [0.717, 1.165) is 33.7 Å². The molecule has 2 aromatic heterocycles. The molecule has 45 heavy (non-hydrogen) atoms. The first-order valence-electron chi connectivity index (χ1n) is 15.3. The summed E-state index contributed by atoms with van der Waals surface area (Å²) in [5.41, 5.74) is 4.41. The fourth-order valence-corrected chi connectivity index (χ4v) is 5.90. The molecule has 0 spiro atoms. The van der Waals surface area contributed by atoms with Gasteiger partial charge in [0.15, 0.2) is 0 Å². The van der Waals surface area contributed by atoms with Crippen LogP contribution in [0, 0.1) is 0 Å². The van der Waals surface area contributed by atoms with Gasteiger partial charge in [-0.3, -0.25) is 14.7 Å². The Morgan fingerprint density at radius 2 is 1.80 bits per heavy atom. The Bertz CT molecular complexity index is 1580. The number of halogens is 1. The van der Waals surface area contributed by atoms with Crippen molar-refractivity contribution in [2.24, 2.45) is 7.05 Å². The second kappa shape index (κ2) is 12.9. The van der Waals surface area contributed by atoms with E-state index < -0.39 is 17.2 Å². The van der Waals surface area contributed by atoms with Crippen LogP contribution in [0.4, 0.5) is 4.79 Å². The molecular weight excluding hydrogens is 592 g/mol. The number of hydrogen-bond donors (Lipinski definition) is 1. The van der Waals surface area contributed by atoms with E-state index in [1.807, 2.05) is 83.5 Å². The molecule has 1 N–H and O–H groups in total. The van der Waals surface area contributed by atoms with Gasteiger partial charge in [0, 0.05) is 44.4 Å². The lowest BCUT2D eigenvalue weighted by Crippen LogP contribution is -2.51. The minimum absolute atomic E-state index is 0.0871. The molecule has 1 aliphatic carbocycles. The van der Waals surface area contributed by atoms with Crippen LogP contribution in [0.2, 0.25) is 5.02 Å². The van der Waals surface area contributed by atoms with Gasteiger partial charge >= 0.3 is 6.09 Å². The van der Waals surface area contributed by atoms with E-state index in [1.54, 1.807) is 23.6 Å². The molecule has 10 nitrogen and oxygen atoms in total. The monoisotopic (exact) mass is 634 g/mol. The highest BCUT2D eigenvalue weighted by molar-refractivity contribution is 6.30. The number of benzene rings is 1. The van der Waals surface area contributed by atoms with Crippen LogP contribution in [0.3, 0.4) is 0 Å². The molecule has 3 heterocycles. The van der Waals surface area contributed by atoms with Gasteiger partial charge < -0.3 is 24.3 Å². The number of aromatic nitrogens is 3. The van der Waals surface area contributed by atoms with Gasteiger partial charge in [0.25, 0.3) is 0 Å². The van der Waals surface area contributed by atoms with Crippen molar-refractivity contribution in [1.29, 1.82) is 0 Å². The maximum absolute atomic E-state index is 13.4. The molecule has 5 rings (SSSR count). The number of hydrogen-bond acceptors (Lipinski definition) is 7. The Labute approximate surface area is 270 Å². The van der Waals surface area contributed by atoms with E-state index in [0.29, 0.717) is 31.2 Å². The van der Waals surface area contributed by atoms with Crippen molar-refractivity contribution in [2.45, 2.75) is 64.8 Å². The Morgan fingerprint density at radius 1 is 1.07 bits per heavy atom. The minimum atomic E-state index is -0.558. The minimum Gasteiger partial charge on any atom is -0.444 e. The smallest absolute Gasteiger partial charge is 0.410 e. The molecule has 2 atom stereocenters. The maximum atomic E-state index is 13.4. The zero-order valence-corrected chi connectivity index (χ0v) is 27.9. The van der Waals surface area contributed by atoms with Crippen LogP contribution < -0.4 is 5.32 Å². The van der Waals surface area contributed by atoms with E-state index in [1.165, 1.54) is 0 Å². The summed E-state index contributed by atoms with van der Waals surface area (Å²) in [4.78, 5) is 39.6. The standard InChI is InChI=1S/C34H43ClN6O4/c1-33(2,3)44-20-28(42)38-30(27-19-36-21-39(27)7)26-17-22-9-8-12-37-29(22)31(24-11-10-23(35)18-25(24)26)40-13-15-41(16-14-40)32(43)45-34(4,5)6/h8-12,17-19,21,30-31H,13-16,20H2,1-7H3,(H,38,42)/t30-,31+/m1/s1. The van der Waals surface area contributed by atoms with E-state index in [4.69, 9.17) is 26.1 Å². The zero-order valence-electron chi connectivity index (χ0n) is 27.1. The number of piperazine rings is 1. The second-order valence-corrected chi connectivity index (χ2v) is 14.0. The second-order valence-electron chi connectivity index (χ2n) is 13.5. The number of rotatable bonds is 6. The van der Waals surface area contributed by atoms with Gasteiger partial charge in [0.05, 0.1) is 41.6 Å². The number of ether oxygens (including phenoxy) is 2. The molecule has 0 bridgehead atoms. The average Bonchev–Trinajstić information content (AvgIpc) is 3.33. The third-order valence-corrected chi connectivity index (χ3v) is 8.03. The van der Waals surface area contributed by atoms with E-state index in [9.17, 15) is 9.59 Å². The lowest BCUT2D eigenvalue weighted by molar-refractivity contribution is -0.131. The van der Waals surface area contributed by atoms with Crippen LogP contribution in [0.1, 0.15) is 81.7 Å². The first-order valence-corrected chi connectivity index (χ1v) is 15.7. The van der Waals surface area contributed by atoms with Crippen LogP contribution in [0.25, 0.3) is 11.6 Å². The first-order chi connectivity index (χ1) is 21.2. The number of pyridine rings is 1. The average molecular weight is 635 g/mol. The molecule has 0 radical (unpaired) electrons. The molecule has 0 unspecified atom stereocenters. The molecule has 1 saturated heterocycles. The largest absolute Gasteiger partial charge is 0.444 e. The van der Waals surface area contributed by atoms with Crippen molar-refractivity contribution in [2.75, 3.05) is 32.8 Å². The fraction of sp³-hybridized carbons (Fsp3) is 0.471. The first kappa shape index (κ1) is 32.7. The SMILES string of the molecule is Cn1cncc1[C@H](NC(=O)COC(C)(C)C)C1=Cc2cccnc2[C@@H](N2CCN(C(=O)OC(C)(C)C)CC2)c2ccc(Cl)cc21. The van der Waals surface area contributed by atoms with Gasteiger partial charge in [-0.2, -0.15) is 0 Å². The van der Waals surface area contributed by atoms with Crippen LogP contribution in [0.5, 0.6) is 0 Å². The summed E-state index contributed by atoms with van der Waals surface area (Å²) in [7, 11) is 1.91. The topological polar surface area (TPSA) is 102 Å². The molecule has 1 aromatic carbocycles. The molecule has 1 aliphatic heterocycles. The number of aryl methyl sites for hydroxylation is 1. The number of amides is 2. The highest BCUT2D eigenvalue weighted by Gasteiger charge is 2.36. The summed E-state index contributed by atoms with van der Waals surface area (Å²) in [6.45, 7) is 13.6. The molecule has 2 aliphatic rings. The summed E-state index contributed by atoms with van der Waals surface area (Å²) >= 11 is 6.67. The lowest BCUT2D eigenvalue weighted by Gasteiger charge is -2.40. The number of fused-ring (bicyclic) bond motifs is 2. The molecule has 0 saturated carbocycles. The highest BCUT2D eigenvalue weighted by atomic mass is 35.5. The predicted molar refractivity (Wildman–Crippen MR) is 175 cm³/mol. The van der Waals surface area contributed by atoms with Gasteiger partial charge in [-0.25, -0.2) is 9.78 Å². The molecule has 11 heteroatoms. The number of carbonyl (C=O) groups is 2. The predicted octanol–water partition coefficient (Wildman–Crippen LogP) is 5.64. The number of imidazole rings is 1. The summed E-state index contributed by atoms with van der Waals surface area (Å²) in [6.07, 6.45) is 7.09. The van der Waals surface area contributed by atoms with Gasteiger partial charge in [-0.05, 0) is 88.1 Å². The molecule has 2 amide bonds. The quantitative estimate of drug-likeness (QED) is 0.375. The zero-order chi connectivity index (χ0) is 32.5. The molecule has 1 fully saturated rings. The molecule has 240 valence electrons. The third-order valence-electron chi connectivity index (χ3n) is 7.80. The normalized spacial score (nSPS) is 17.9. The van der Waals surface area contributed by atoms with Crippen LogP contribution in [-0.2, 0) is 21.3 Å². The Morgan fingerprint density at radius 3 is 2.44 bits per heavy atom. The van der Waals surface area contributed by atoms with E-state index >= 15 is 0 Å². The van der Waals surface area contributed by atoms with Crippen molar-refractivity contribution >= 4 is 35.3 Å². The highest BCUT2D eigenvalue weighted by Crippen LogP contribution is 2.44. The summed E-state index contributed by atoms with van der Waals surface area (Å²) in [6, 6.07) is 9.10. The third kappa shape index (κ3) is 7.74. The van der Waals surface area contributed by atoms with Crippen molar-refractivity contribution < 1.29 is 19.1 Å². The number of nitrogens with zero attached hydrogens (tertiary/aromatic N) is 5. The lowest BCUT2D eigenvalue weighted by atomic mass is 9.89. The Kier molecular flexibility index (Phi) is 9.39. The maximum Gasteiger partial charge on any atom is 0.410 e. The molecule has 3 aromatic rings. The summed E-state index contributed by atoms with van der Waals surface area (Å²) in [5, 5.41) is 3.81. The van der Waals surface area contributed by atoms with Gasteiger partial charge in [0.2, 0.25) is 5.91 Å². The molecular formula is C34H43ClN6O4. The van der Waals surface area contributed by atoms with Crippen LogP contribution in [-0.4, -0.2) is 80.3 Å². The van der Waals surface area contributed by atoms with Gasteiger partial charge in [-0.15, -0.1) is 0 Å². The Hall–Kier alpha value is -3.73. The van der Waals surface area contributed by atoms with E-state index in [-0.39, 0.29) is 24.6 Å². The van der Waals surface area contributed by atoms with Crippen LogP contribution in [0.15, 0.2) is 49.1 Å². The Balaban J connectivity index is 1.55.